The first-order valence-electron chi connectivity index (χ1n) is 5.98. The molecule has 0 saturated carbocycles. The quantitative estimate of drug-likeness (QED) is 0.398. The van der Waals surface area contributed by atoms with Crippen molar-refractivity contribution in [2.75, 3.05) is 16.9 Å². The number of carbonyl (C=O) groups excluding carboxylic acids is 1. The molecule has 0 aliphatic rings. The van der Waals surface area contributed by atoms with Gasteiger partial charge < -0.3 is 10.7 Å². The van der Waals surface area contributed by atoms with Gasteiger partial charge in [0, 0.05) is 17.8 Å². The van der Waals surface area contributed by atoms with Crippen LogP contribution in [0.15, 0.2) is 18.3 Å². The van der Waals surface area contributed by atoms with Gasteiger partial charge in [-0.2, -0.15) is 11.8 Å². The third-order valence-corrected chi connectivity index (χ3v) is 3.38. The molecule has 1 aromatic rings. The first-order valence-corrected chi connectivity index (χ1v) is 7.14. The van der Waals surface area contributed by atoms with Gasteiger partial charge in [0.2, 0.25) is 0 Å². The van der Waals surface area contributed by atoms with E-state index in [0.29, 0.717) is 11.4 Å². The lowest BCUT2D eigenvalue weighted by molar-refractivity contribution is 0.0939. The van der Waals surface area contributed by atoms with Gasteiger partial charge in [0.25, 0.3) is 5.91 Å². The average molecular weight is 268 g/mol. The number of nitrogen functional groups attached to an aromatic ring is 1. The minimum Gasteiger partial charge on any atom is -0.350 e. The number of nitrogens with two attached hydrogens (primary N) is 1. The zero-order valence-corrected chi connectivity index (χ0v) is 11.6. The van der Waals surface area contributed by atoms with Crippen molar-refractivity contribution in [1.29, 1.82) is 0 Å². The Labute approximate surface area is 112 Å². The molecule has 18 heavy (non-hydrogen) atoms. The molecule has 6 heteroatoms. The highest BCUT2D eigenvalue weighted by atomic mass is 32.2. The van der Waals surface area contributed by atoms with Gasteiger partial charge in [-0.25, -0.2) is 10.8 Å². The summed E-state index contributed by atoms with van der Waals surface area (Å²) in [5.41, 5.74) is 2.99. The van der Waals surface area contributed by atoms with Crippen LogP contribution in [-0.2, 0) is 0 Å². The molecule has 0 aromatic carbocycles. The SMILES string of the molecule is CCSCCC(C)NC(=O)c1ccnc(NN)c1. The Balaban J connectivity index is 2.48. The van der Waals surface area contributed by atoms with Crippen molar-refractivity contribution in [3.63, 3.8) is 0 Å². The number of pyridine rings is 1. The number of thioether (sulfide) groups is 1. The maximum absolute atomic E-state index is 11.9. The van der Waals surface area contributed by atoms with Gasteiger partial charge >= 0.3 is 0 Å². The number of anilines is 1. The van der Waals surface area contributed by atoms with E-state index in [4.69, 9.17) is 5.84 Å². The second-order valence-electron chi connectivity index (χ2n) is 3.93. The van der Waals surface area contributed by atoms with Crippen LogP contribution in [0, 0.1) is 0 Å². The lowest BCUT2D eigenvalue weighted by Gasteiger charge is -2.13. The maximum atomic E-state index is 11.9. The van der Waals surface area contributed by atoms with E-state index in [1.807, 2.05) is 18.7 Å². The summed E-state index contributed by atoms with van der Waals surface area (Å²) < 4.78 is 0. The molecule has 1 heterocycles. The fourth-order valence-electron chi connectivity index (χ4n) is 1.43. The second-order valence-corrected chi connectivity index (χ2v) is 5.33. The number of nitrogens with one attached hydrogen (secondary N) is 2. The molecule has 1 amide bonds. The number of aromatic nitrogens is 1. The Hall–Kier alpha value is -1.27. The fourth-order valence-corrected chi connectivity index (χ4v) is 2.24. The van der Waals surface area contributed by atoms with E-state index in [-0.39, 0.29) is 11.9 Å². The van der Waals surface area contributed by atoms with E-state index < -0.39 is 0 Å². The first kappa shape index (κ1) is 14.8. The molecule has 1 unspecified atom stereocenters. The number of hydrogen-bond acceptors (Lipinski definition) is 5. The van der Waals surface area contributed by atoms with Crippen molar-refractivity contribution in [2.24, 2.45) is 5.84 Å². The lowest BCUT2D eigenvalue weighted by atomic mass is 10.2. The van der Waals surface area contributed by atoms with Crippen LogP contribution >= 0.6 is 11.8 Å². The molecular weight excluding hydrogens is 248 g/mol. The van der Waals surface area contributed by atoms with Gasteiger partial charge in [0.05, 0.1) is 0 Å². The van der Waals surface area contributed by atoms with Crippen molar-refractivity contribution in [3.8, 4) is 0 Å². The zero-order chi connectivity index (χ0) is 13.4. The molecule has 0 aliphatic carbocycles. The highest BCUT2D eigenvalue weighted by Crippen LogP contribution is 2.07. The van der Waals surface area contributed by atoms with Gasteiger partial charge in [-0.05, 0) is 37.0 Å². The van der Waals surface area contributed by atoms with E-state index in [2.05, 4.69) is 22.7 Å². The molecule has 0 bridgehead atoms. The average Bonchev–Trinajstić information content (AvgIpc) is 2.39. The lowest BCUT2D eigenvalue weighted by Crippen LogP contribution is -2.33. The predicted octanol–water partition coefficient (Wildman–Crippen LogP) is 1.63. The summed E-state index contributed by atoms with van der Waals surface area (Å²) in [4.78, 5) is 15.9. The fraction of sp³-hybridized carbons (Fsp3) is 0.500. The zero-order valence-electron chi connectivity index (χ0n) is 10.8. The van der Waals surface area contributed by atoms with Gasteiger partial charge in [-0.15, -0.1) is 0 Å². The Morgan fingerprint density at radius 2 is 2.39 bits per heavy atom. The van der Waals surface area contributed by atoms with Crippen LogP contribution in [0.5, 0.6) is 0 Å². The monoisotopic (exact) mass is 268 g/mol. The normalized spacial score (nSPS) is 11.9. The summed E-state index contributed by atoms with van der Waals surface area (Å²) >= 11 is 1.88. The van der Waals surface area contributed by atoms with Crippen LogP contribution in [0.4, 0.5) is 5.82 Å². The molecule has 1 atom stereocenters. The van der Waals surface area contributed by atoms with Gasteiger partial charge in [0.1, 0.15) is 5.82 Å². The van der Waals surface area contributed by atoms with Crippen LogP contribution < -0.4 is 16.6 Å². The molecule has 1 aromatic heterocycles. The molecule has 0 radical (unpaired) electrons. The molecule has 100 valence electrons. The van der Waals surface area contributed by atoms with Crippen LogP contribution in [0.2, 0.25) is 0 Å². The summed E-state index contributed by atoms with van der Waals surface area (Å²) in [5, 5.41) is 2.96. The summed E-state index contributed by atoms with van der Waals surface area (Å²) in [6.07, 6.45) is 2.53. The van der Waals surface area contributed by atoms with E-state index in [9.17, 15) is 4.79 Å². The Bertz CT molecular complexity index is 386. The second kappa shape index (κ2) is 7.94. The molecular formula is C12H20N4OS. The van der Waals surface area contributed by atoms with E-state index in [1.165, 1.54) is 0 Å². The van der Waals surface area contributed by atoms with Crippen LogP contribution in [0.1, 0.15) is 30.6 Å². The molecule has 0 fully saturated rings. The Kier molecular flexibility index (Phi) is 6.53. The van der Waals surface area contributed by atoms with Gasteiger partial charge in [-0.1, -0.05) is 6.92 Å². The van der Waals surface area contributed by atoms with Gasteiger partial charge in [0.15, 0.2) is 0 Å². The Morgan fingerprint density at radius 3 is 3.06 bits per heavy atom. The predicted molar refractivity (Wildman–Crippen MR) is 76.6 cm³/mol. The first-order chi connectivity index (χ1) is 8.67. The minimum atomic E-state index is -0.0945. The van der Waals surface area contributed by atoms with E-state index in [1.54, 1.807) is 18.3 Å². The molecule has 5 nitrogen and oxygen atoms in total. The molecule has 0 saturated heterocycles. The van der Waals surface area contributed by atoms with Crippen molar-refractivity contribution >= 4 is 23.5 Å². The summed E-state index contributed by atoms with van der Waals surface area (Å²) in [6, 6.07) is 3.46. The van der Waals surface area contributed by atoms with E-state index in [0.717, 1.165) is 17.9 Å². The van der Waals surface area contributed by atoms with E-state index >= 15 is 0 Å². The third kappa shape index (κ3) is 4.93. The largest absolute Gasteiger partial charge is 0.350 e. The summed E-state index contributed by atoms with van der Waals surface area (Å²) in [5.74, 6) is 7.81. The smallest absolute Gasteiger partial charge is 0.251 e. The number of hydrogen-bond donors (Lipinski definition) is 3. The summed E-state index contributed by atoms with van der Waals surface area (Å²) in [7, 11) is 0. The highest BCUT2D eigenvalue weighted by Gasteiger charge is 2.10. The third-order valence-electron chi connectivity index (χ3n) is 2.45. The number of hydrazine groups is 1. The Morgan fingerprint density at radius 1 is 1.61 bits per heavy atom. The standard InChI is InChI=1S/C12H20N4OS/c1-3-18-7-5-9(2)15-12(17)10-4-6-14-11(8-10)16-13/h4,6,8-9H,3,5,7,13H2,1-2H3,(H,14,16)(H,15,17). The number of nitrogens with zero attached hydrogens (tertiary/aromatic N) is 1. The number of amides is 1. The van der Waals surface area contributed by atoms with Crippen molar-refractivity contribution < 1.29 is 4.79 Å². The van der Waals surface area contributed by atoms with Crippen molar-refractivity contribution in [3.05, 3.63) is 23.9 Å². The topological polar surface area (TPSA) is 80.0 Å². The highest BCUT2D eigenvalue weighted by molar-refractivity contribution is 7.99. The van der Waals surface area contributed by atoms with Crippen LogP contribution in [0.25, 0.3) is 0 Å². The number of carbonyl (C=O) groups is 1. The molecule has 1 rings (SSSR count). The molecule has 0 spiro atoms. The molecule has 4 N–H and O–H groups in total. The van der Waals surface area contributed by atoms with Crippen molar-refractivity contribution in [1.82, 2.24) is 10.3 Å². The van der Waals surface area contributed by atoms with Crippen LogP contribution in [0.3, 0.4) is 0 Å². The maximum Gasteiger partial charge on any atom is 0.251 e. The van der Waals surface area contributed by atoms with Gasteiger partial charge in [-0.3, -0.25) is 4.79 Å². The van der Waals surface area contributed by atoms with Crippen molar-refractivity contribution in [2.45, 2.75) is 26.3 Å². The summed E-state index contributed by atoms with van der Waals surface area (Å²) in [6.45, 7) is 4.14. The van der Waals surface area contributed by atoms with Crippen LogP contribution in [-0.4, -0.2) is 28.4 Å². The molecule has 0 aliphatic heterocycles. The number of rotatable bonds is 7. The minimum absolute atomic E-state index is 0.0945.